The average molecular weight is 239 g/mol. The Morgan fingerprint density at radius 2 is 1.88 bits per heavy atom. The third-order valence-corrected chi connectivity index (χ3v) is 3.35. The van der Waals surface area contributed by atoms with Crippen molar-refractivity contribution in [3.63, 3.8) is 0 Å². The first kappa shape index (κ1) is 12.4. The van der Waals surface area contributed by atoms with Crippen LogP contribution in [0.1, 0.15) is 46.5 Å². The molecule has 1 unspecified atom stereocenters. The molecule has 2 amide bonds. The fraction of sp³-hybridized carbons (Fsp3) is 0.846. The molecule has 0 bridgehead atoms. The second-order valence-corrected chi connectivity index (χ2v) is 6.12. The van der Waals surface area contributed by atoms with Crippen LogP contribution in [0.3, 0.4) is 0 Å². The SMILES string of the molecule is CC(C)(C)OC(=O)N1CC(C2CC2)CCC1=O. The smallest absolute Gasteiger partial charge is 0.417 e. The Balaban J connectivity index is 1.97. The van der Waals surface area contributed by atoms with E-state index < -0.39 is 11.7 Å². The first-order valence-corrected chi connectivity index (χ1v) is 6.40. The number of amides is 2. The summed E-state index contributed by atoms with van der Waals surface area (Å²) in [4.78, 5) is 24.9. The van der Waals surface area contributed by atoms with Crippen molar-refractivity contribution in [2.45, 2.75) is 52.1 Å². The number of carbonyl (C=O) groups excluding carboxylic acids is 2. The Kier molecular flexibility index (Phi) is 3.15. The van der Waals surface area contributed by atoms with E-state index in [-0.39, 0.29) is 5.91 Å². The molecule has 0 N–H and O–H groups in total. The maximum Gasteiger partial charge on any atom is 0.417 e. The summed E-state index contributed by atoms with van der Waals surface area (Å²) >= 11 is 0. The van der Waals surface area contributed by atoms with E-state index in [1.165, 1.54) is 17.7 Å². The zero-order chi connectivity index (χ0) is 12.6. The number of carbonyl (C=O) groups is 2. The van der Waals surface area contributed by atoms with E-state index in [4.69, 9.17) is 4.74 Å². The maximum atomic E-state index is 11.9. The summed E-state index contributed by atoms with van der Waals surface area (Å²) in [7, 11) is 0. The highest BCUT2D eigenvalue weighted by Crippen LogP contribution is 2.41. The van der Waals surface area contributed by atoms with E-state index in [9.17, 15) is 9.59 Å². The van der Waals surface area contributed by atoms with Gasteiger partial charge in [-0.3, -0.25) is 4.79 Å². The second-order valence-electron chi connectivity index (χ2n) is 6.12. The van der Waals surface area contributed by atoms with E-state index in [1.54, 1.807) is 0 Å². The van der Waals surface area contributed by atoms with Gasteiger partial charge in [0.05, 0.1) is 0 Å². The minimum Gasteiger partial charge on any atom is -0.443 e. The predicted molar refractivity (Wildman–Crippen MR) is 63.4 cm³/mol. The molecule has 0 aromatic carbocycles. The van der Waals surface area contributed by atoms with Crippen LogP contribution in [-0.2, 0) is 9.53 Å². The van der Waals surface area contributed by atoms with Crippen LogP contribution in [0.15, 0.2) is 0 Å². The number of ether oxygens (including phenoxy) is 1. The number of imide groups is 1. The molecule has 1 saturated heterocycles. The molecule has 96 valence electrons. The van der Waals surface area contributed by atoms with Crippen LogP contribution in [0.5, 0.6) is 0 Å². The van der Waals surface area contributed by atoms with Gasteiger partial charge in [-0.05, 0) is 51.9 Å². The quantitative estimate of drug-likeness (QED) is 0.706. The number of nitrogens with zero attached hydrogens (tertiary/aromatic N) is 1. The van der Waals surface area contributed by atoms with Gasteiger partial charge in [0.15, 0.2) is 0 Å². The molecule has 1 aliphatic heterocycles. The molecule has 1 atom stereocenters. The van der Waals surface area contributed by atoms with Crippen molar-refractivity contribution in [1.29, 1.82) is 0 Å². The maximum absolute atomic E-state index is 11.9. The molecule has 2 aliphatic rings. The van der Waals surface area contributed by atoms with Crippen LogP contribution >= 0.6 is 0 Å². The Morgan fingerprint density at radius 3 is 2.41 bits per heavy atom. The molecule has 4 nitrogen and oxygen atoms in total. The molecule has 4 heteroatoms. The molecule has 0 aromatic heterocycles. The molecule has 0 radical (unpaired) electrons. The van der Waals surface area contributed by atoms with Gasteiger partial charge in [-0.15, -0.1) is 0 Å². The minimum atomic E-state index is -0.538. The minimum absolute atomic E-state index is 0.0869. The number of rotatable bonds is 1. The Morgan fingerprint density at radius 1 is 1.24 bits per heavy atom. The lowest BCUT2D eigenvalue weighted by Gasteiger charge is -2.32. The van der Waals surface area contributed by atoms with Crippen molar-refractivity contribution >= 4 is 12.0 Å². The third-order valence-electron chi connectivity index (χ3n) is 3.35. The number of likely N-dealkylation sites (tertiary alicyclic amines) is 1. The lowest BCUT2D eigenvalue weighted by molar-refractivity contribution is -0.133. The molecule has 2 rings (SSSR count). The zero-order valence-corrected chi connectivity index (χ0v) is 10.9. The van der Waals surface area contributed by atoms with E-state index in [2.05, 4.69) is 0 Å². The highest BCUT2D eigenvalue weighted by molar-refractivity contribution is 5.92. The van der Waals surface area contributed by atoms with Gasteiger partial charge in [-0.25, -0.2) is 9.69 Å². The van der Waals surface area contributed by atoms with Crippen LogP contribution in [0.25, 0.3) is 0 Å². The lowest BCUT2D eigenvalue weighted by atomic mass is 9.93. The first-order chi connectivity index (χ1) is 7.87. The monoisotopic (exact) mass is 239 g/mol. The fourth-order valence-electron chi connectivity index (χ4n) is 2.32. The summed E-state index contributed by atoms with van der Waals surface area (Å²) in [6.07, 6.45) is 3.44. The second kappa shape index (κ2) is 4.31. The lowest BCUT2D eigenvalue weighted by Crippen LogP contribution is -2.46. The molecule has 2 fully saturated rings. The van der Waals surface area contributed by atoms with Gasteiger partial charge in [0.2, 0.25) is 5.91 Å². The van der Waals surface area contributed by atoms with E-state index in [0.717, 1.165) is 12.3 Å². The van der Waals surface area contributed by atoms with Crippen LogP contribution in [0.2, 0.25) is 0 Å². The first-order valence-electron chi connectivity index (χ1n) is 6.40. The van der Waals surface area contributed by atoms with Gasteiger partial charge in [-0.1, -0.05) is 0 Å². The average Bonchev–Trinajstić information content (AvgIpc) is 2.99. The summed E-state index contributed by atoms with van der Waals surface area (Å²) in [5.41, 5.74) is -0.538. The summed E-state index contributed by atoms with van der Waals surface area (Å²) in [6.45, 7) is 6.01. The summed E-state index contributed by atoms with van der Waals surface area (Å²) < 4.78 is 5.26. The largest absolute Gasteiger partial charge is 0.443 e. The van der Waals surface area contributed by atoms with Crippen molar-refractivity contribution in [3.8, 4) is 0 Å². The third kappa shape index (κ3) is 3.20. The Bertz CT molecular complexity index is 328. The molecule has 1 saturated carbocycles. The van der Waals surface area contributed by atoms with E-state index >= 15 is 0 Å². The van der Waals surface area contributed by atoms with Crippen LogP contribution in [-0.4, -0.2) is 29.0 Å². The topological polar surface area (TPSA) is 46.6 Å². The van der Waals surface area contributed by atoms with Crippen LogP contribution in [0, 0.1) is 11.8 Å². The van der Waals surface area contributed by atoms with Crippen molar-refractivity contribution in [2.24, 2.45) is 11.8 Å². The van der Waals surface area contributed by atoms with Crippen LogP contribution < -0.4 is 0 Å². The summed E-state index contributed by atoms with van der Waals surface area (Å²) in [5, 5.41) is 0. The van der Waals surface area contributed by atoms with Gasteiger partial charge < -0.3 is 4.74 Å². The summed E-state index contributed by atoms with van der Waals surface area (Å²) in [5.74, 6) is 1.14. The molecule has 1 aliphatic carbocycles. The normalized spacial score (nSPS) is 25.9. The van der Waals surface area contributed by atoms with Crippen molar-refractivity contribution in [1.82, 2.24) is 4.90 Å². The fourth-order valence-corrected chi connectivity index (χ4v) is 2.32. The van der Waals surface area contributed by atoms with Crippen LogP contribution in [0.4, 0.5) is 4.79 Å². The molecule has 1 heterocycles. The molecule has 17 heavy (non-hydrogen) atoms. The van der Waals surface area contributed by atoms with E-state index in [0.29, 0.717) is 18.9 Å². The van der Waals surface area contributed by atoms with Gasteiger partial charge in [0.1, 0.15) is 5.60 Å². The van der Waals surface area contributed by atoms with Crippen molar-refractivity contribution in [3.05, 3.63) is 0 Å². The standard InChI is InChI=1S/C13H21NO3/c1-13(2,3)17-12(16)14-8-10(9-4-5-9)6-7-11(14)15/h9-10H,4-8H2,1-3H3. The number of hydrogen-bond donors (Lipinski definition) is 0. The van der Waals surface area contributed by atoms with Gasteiger partial charge in [0.25, 0.3) is 0 Å². The van der Waals surface area contributed by atoms with Gasteiger partial charge >= 0.3 is 6.09 Å². The molecule has 0 spiro atoms. The molecular weight excluding hydrogens is 218 g/mol. The molecular formula is C13H21NO3. The highest BCUT2D eigenvalue weighted by Gasteiger charge is 2.39. The van der Waals surface area contributed by atoms with Gasteiger partial charge in [-0.2, -0.15) is 0 Å². The Hall–Kier alpha value is -1.06. The Labute approximate surface area is 102 Å². The summed E-state index contributed by atoms with van der Waals surface area (Å²) in [6, 6.07) is 0. The zero-order valence-electron chi connectivity index (χ0n) is 10.9. The van der Waals surface area contributed by atoms with Crippen molar-refractivity contribution < 1.29 is 14.3 Å². The molecule has 0 aromatic rings. The highest BCUT2D eigenvalue weighted by atomic mass is 16.6. The number of piperidine rings is 1. The predicted octanol–water partition coefficient (Wildman–Crippen LogP) is 2.57. The van der Waals surface area contributed by atoms with E-state index in [1.807, 2.05) is 20.8 Å². The number of hydrogen-bond acceptors (Lipinski definition) is 3. The van der Waals surface area contributed by atoms with Crippen molar-refractivity contribution in [2.75, 3.05) is 6.54 Å². The van der Waals surface area contributed by atoms with Gasteiger partial charge in [0, 0.05) is 13.0 Å².